The maximum Gasteiger partial charge on any atom is 0.330 e. The molecule has 1 rings (SSSR count). The standard InChI is InChI=1S/C11H18O4/c1-4-13-10(12)7-5-6-9-8-14-11(2,3)15-9/h5,7,9H,4,6,8H2,1-3H3/b7-5-/t9-/m1/s1. The third-order valence-corrected chi connectivity index (χ3v) is 2.01. The highest BCUT2D eigenvalue weighted by molar-refractivity contribution is 5.81. The van der Waals surface area contributed by atoms with E-state index in [-0.39, 0.29) is 12.1 Å². The van der Waals surface area contributed by atoms with Crippen LogP contribution in [0.15, 0.2) is 12.2 Å². The average molecular weight is 214 g/mol. The van der Waals surface area contributed by atoms with E-state index in [1.165, 1.54) is 6.08 Å². The molecule has 0 unspecified atom stereocenters. The molecule has 1 aliphatic rings. The summed E-state index contributed by atoms with van der Waals surface area (Å²) in [5.74, 6) is -0.807. The quantitative estimate of drug-likeness (QED) is 0.527. The van der Waals surface area contributed by atoms with E-state index in [9.17, 15) is 4.79 Å². The second-order valence-electron chi connectivity index (χ2n) is 3.84. The maximum absolute atomic E-state index is 11.0. The summed E-state index contributed by atoms with van der Waals surface area (Å²) in [4.78, 5) is 11.0. The van der Waals surface area contributed by atoms with Crippen LogP contribution in [0.1, 0.15) is 27.2 Å². The molecule has 4 nitrogen and oxygen atoms in total. The molecule has 0 N–H and O–H groups in total. The van der Waals surface area contributed by atoms with Gasteiger partial charge >= 0.3 is 5.97 Å². The summed E-state index contributed by atoms with van der Waals surface area (Å²) in [6.07, 6.45) is 3.89. The maximum atomic E-state index is 11.0. The molecule has 0 aromatic rings. The van der Waals surface area contributed by atoms with Gasteiger partial charge in [0.1, 0.15) is 0 Å². The van der Waals surface area contributed by atoms with Crippen molar-refractivity contribution in [3.63, 3.8) is 0 Å². The molecule has 0 bridgehead atoms. The summed E-state index contributed by atoms with van der Waals surface area (Å²) < 4.78 is 15.7. The van der Waals surface area contributed by atoms with E-state index in [4.69, 9.17) is 14.2 Å². The number of carbonyl (C=O) groups is 1. The zero-order chi connectivity index (χ0) is 11.3. The molecule has 4 heteroatoms. The molecule has 0 saturated carbocycles. The van der Waals surface area contributed by atoms with Gasteiger partial charge in [-0.15, -0.1) is 0 Å². The van der Waals surface area contributed by atoms with Gasteiger partial charge in [-0.25, -0.2) is 4.79 Å². The number of ether oxygens (including phenoxy) is 3. The molecule has 1 aliphatic heterocycles. The lowest BCUT2D eigenvalue weighted by molar-refractivity contribution is -0.137. The van der Waals surface area contributed by atoms with Crippen LogP contribution in [-0.4, -0.2) is 31.1 Å². The van der Waals surface area contributed by atoms with Crippen LogP contribution in [0.25, 0.3) is 0 Å². The fourth-order valence-electron chi connectivity index (χ4n) is 1.39. The first-order valence-electron chi connectivity index (χ1n) is 5.18. The predicted octanol–water partition coefficient (Wildman–Crippen LogP) is 1.65. The summed E-state index contributed by atoms with van der Waals surface area (Å²) in [6.45, 7) is 6.51. The Labute approximate surface area is 90.2 Å². The zero-order valence-electron chi connectivity index (χ0n) is 9.49. The van der Waals surface area contributed by atoms with E-state index in [2.05, 4.69) is 0 Å². The van der Waals surface area contributed by atoms with Crippen LogP contribution < -0.4 is 0 Å². The van der Waals surface area contributed by atoms with Gasteiger partial charge in [0, 0.05) is 6.08 Å². The van der Waals surface area contributed by atoms with Crippen LogP contribution in [0.4, 0.5) is 0 Å². The molecular weight excluding hydrogens is 196 g/mol. The van der Waals surface area contributed by atoms with Crippen molar-refractivity contribution in [1.82, 2.24) is 0 Å². The summed E-state index contributed by atoms with van der Waals surface area (Å²) in [5, 5.41) is 0. The van der Waals surface area contributed by atoms with Gasteiger partial charge < -0.3 is 14.2 Å². The molecule has 1 atom stereocenters. The van der Waals surface area contributed by atoms with Crippen molar-refractivity contribution in [3.05, 3.63) is 12.2 Å². The molecule has 0 aromatic carbocycles. The van der Waals surface area contributed by atoms with Crippen molar-refractivity contribution in [3.8, 4) is 0 Å². The first-order valence-corrected chi connectivity index (χ1v) is 5.18. The lowest BCUT2D eigenvalue weighted by atomic mass is 10.2. The highest BCUT2D eigenvalue weighted by atomic mass is 16.7. The molecule has 15 heavy (non-hydrogen) atoms. The van der Waals surface area contributed by atoms with E-state index < -0.39 is 5.79 Å². The predicted molar refractivity (Wildman–Crippen MR) is 55.3 cm³/mol. The van der Waals surface area contributed by atoms with Crippen molar-refractivity contribution in [1.29, 1.82) is 0 Å². The topological polar surface area (TPSA) is 44.8 Å². The molecule has 0 radical (unpaired) electrons. The van der Waals surface area contributed by atoms with Crippen molar-refractivity contribution in [2.45, 2.75) is 39.1 Å². The molecule has 1 fully saturated rings. The minimum absolute atomic E-state index is 0.0330. The largest absolute Gasteiger partial charge is 0.463 e. The minimum atomic E-state index is -0.498. The Morgan fingerprint density at radius 3 is 2.87 bits per heavy atom. The first kappa shape index (κ1) is 12.2. The number of rotatable bonds is 4. The number of hydrogen-bond donors (Lipinski definition) is 0. The monoisotopic (exact) mass is 214 g/mol. The third kappa shape index (κ3) is 4.44. The van der Waals surface area contributed by atoms with Gasteiger partial charge in [-0.05, 0) is 27.2 Å². The molecule has 0 amide bonds. The average Bonchev–Trinajstić information content (AvgIpc) is 2.46. The summed E-state index contributed by atoms with van der Waals surface area (Å²) in [5.41, 5.74) is 0. The fourth-order valence-corrected chi connectivity index (χ4v) is 1.39. The summed E-state index contributed by atoms with van der Waals surface area (Å²) in [6, 6.07) is 0. The van der Waals surface area contributed by atoms with Crippen LogP contribution in [0.3, 0.4) is 0 Å². The second-order valence-corrected chi connectivity index (χ2v) is 3.84. The summed E-state index contributed by atoms with van der Waals surface area (Å²) in [7, 11) is 0. The van der Waals surface area contributed by atoms with E-state index in [1.54, 1.807) is 13.0 Å². The van der Waals surface area contributed by atoms with E-state index in [0.717, 1.165) is 0 Å². The van der Waals surface area contributed by atoms with E-state index >= 15 is 0 Å². The first-order chi connectivity index (χ1) is 7.03. The minimum Gasteiger partial charge on any atom is -0.463 e. The molecule has 0 spiro atoms. The van der Waals surface area contributed by atoms with E-state index in [1.807, 2.05) is 13.8 Å². The Kier molecular flexibility index (Phi) is 4.29. The lowest BCUT2D eigenvalue weighted by Gasteiger charge is -2.16. The Bertz CT molecular complexity index is 245. The Balaban J connectivity index is 2.24. The smallest absolute Gasteiger partial charge is 0.330 e. The van der Waals surface area contributed by atoms with Crippen molar-refractivity contribution >= 4 is 5.97 Å². The zero-order valence-corrected chi connectivity index (χ0v) is 9.49. The highest BCUT2D eigenvalue weighted by Crippen LogP contribution is 2.24. The van der Waals surface area contributed by atoms with Gasteiger partial charge in [0.15, 0.2) is 5.79 Å². The van der Waals surface area contributed by atoms with Gasteiger partial charge in [-0.2, -0.15) is 0 Å². The van der Waals surface area contributed by atoms with Gasteiger partial charge in [-0.1, -0.05) is 6.08 Å². The molecule has 86 valence electrons. The van der Waals surface area contributed by atoms with Crippen LogP contribution in [0.5, 0.6) is 0 Å². The Morgan fingerprint density at radius 2 is 2.33 bits per heavy atom. The molecule has 0 aromatic heterocycles. The lowest BCUT2D eigenvalue weighted by Crippen LogP contribution is -2.21. The van der Waals surface area contributed by atoms with E-state index in [0.29, 0.717) is 19.6 Å². The van der Waals surface area contributed by atoms with Crippen LogP contribution in [-0.2, 0) is 19.0 Å². The Morgan fingerprint density at radius 1 is 1.60 bits per heavy atom. The molecule has 0 aliphatic carbocycles. The molecule has 1 saturated heterocycles. The normalized spacial score (nSPS) is 24.6. The van der Waals surface area contributed by atoms with Crippen molar-refractivity contribution < 1.29 is 19.0 Å². The van der Waals surface area contributed by atoms with Crippen LogP contribution in [0, 0.1) is 0 Å². The summed E-state index contributed by atoms with van der Waals surface area (Å²) >= 11 is 0. The van der Waals surface area contributed by atoms with Crippen molar-refractivity contribution in [2.24, 2.45) is 0 Å². The van der Waals surface area contributed by atoms with Gasteiger partial charge in [0.25, 0.3) is 0 Å². The second kappa shape index (κ2) is 5.28. The third-order valence-electron chi connectivity index (χ3n) is 2.01. The molecular formula is C11H18O4. The fraction of sp³-hybridized carbons (Fsp3) is 0.727. The number of esters is 1. The van der Waals surface area contributed by atoms with Gasteiger partial charge in [-0.3, -0.25) is 0 Å². The number of hydrogen-bond acceptors (Lipinski definition) is 4. The van der Waals surface area contributed by atoms with Gasteiger partial charge in [0.05, 0.1) is 19.3 Å². The van der Waals surface area contributed by atoms with Crippen LogP contribution >= 0.6 is 0 Å². The van der Waals surface area contributed by atoms with Crippen LogP contribution in [0.2, 0.25) is 0 Å². The van der Waals surface area contributed by atoms with Crippen molar-refractivity contribution in [2.75, 3.05) is 13.2 Å². The van der Waals surface area contributed by atoms with Gasteiger partial charge in [0.2, 0.25) is 0 Å². The SMILES string of the molecule is CCOC(=O)/C=C\C[C@@H]1COC(C)(C)O1. The highest BCUT2D eigenvalue weighted by Gasteiger charge is 2.31. The Hall–Kier alpha value is -0.870. The number of carbonyl (C=O) groups excluding carboxylic acids is 1. The molecule has 1 heterocycles.